The highest BCUT2D eigenvalue weighted by atomic mass is 32.2. The van der Waals surface area contributed by atoms with E-state index >= 15 is 0 Å². The van der Waals surface area contributed by atoms with Crippen molar-refractivity contribution in [1.29, 1.82) is 0 Å². The van der Waals surface area contributed by atoms with E-state index < -0.39 is 21.8 Å². The van der Waals surface area contributed by atoms with Gasteiger partial charge in [0.15, 0.2) is 5.60 Å². The molecule has 208 valence electrons. The molecule has 3 aliphatic heterocycles. The number of rotatable bonds is 6. The maximum Gasteiger partial charge on any atom is 0.421 e. The van der Waals surface area contributed by atoms with E-state index in [1.165, 1.54) is 16.4 Å². The van der Waals surface area contributed by atoms with Gasteiger partial charge in [0.05, 0.1) is 23.1 Å². The lowest BCUT2D eigenvalue weighted by Crippen LogP contribution is -2.59. The van der Waals surface area contributed by atoms with Crippen LogP contribution in [0.15, 0.2) is 58.3 Å². The van der Waals surface area contributed by atoms with E-state index in [1.54, 1.807) is 36.4 Å². The van der Waals surface area contributed by atoms with Crippen LogP contribution in [-0.2, 0) is 20.4 Å². The first-order valence-corrected chi connectivity index (χ1v) is 14.6. The highest BCUT2D eigenvalue weighted by Gasteiger charge is 2.51. The quantitative estimate of drug-likeness (QED) is 0.518. The largest absolute Gasteiger partial charge is 0.421 e. The zero-order valence-electron chi connectivity index (χ0n) is 21.0. The zero-order valence-corrected chi connectivity index (χ0v) is 22.7. The second-order valence-electron chi connectivity index (χ2n) is 10.5. The Labute approximate surface area is 226 Å². The number of fused-ring (bicyclic) bond motifs is 2. The minimum Gasteiger partial charge on any atom is -0.376 e. The molecule has 5 rings (SSSR count). The summed E-state index contributed by atoms with van der Waals surface area (Å²) in [5, 5.41) is 10.1. The summed E-state index contributed by atoms with van der Waals surface area (Å²) >= 11 is 4.36. The summed E-state index contributed by atoms with van der Waals surface area (Å²) in [6.07, 6.45) is -2.45. The van der Waals surface area contributed by atoms with Crippen LogP contribution in [0.4, 0.5) is 18.9 Å². The molecule has 0 saturated carbocycles. The fraction of sp³-hybridized carbons (Fsp3) is 0.538. The molecule has 2 bridgehead atoms. The van der Waals surface area contributed by atoms with Crippen LogP contribution >= 0.6 is 12.6 Å². The molecule has 0 amide bonds. The molecule has 38 heavy (non-hydrogen) atoms. The number of thiol groups is 1. The van der Waals surface area contributed by atoms with E-state index in [1.807, 2.05) is 0 Å². The molecule has 12 heteroatoms. The molecule has 0 spiro atoms. The fourth-order valence-electron chi connectivity index (χ4n) is 5.64. The Morgan fingerprint density at radius 1 is 1.00 bits per heavy atom. The Balaban J connectivity index is 1.41. The standard InChI is InChI=1S/C26H32F3N3O4S2/c1-25(33,26(27,28)29)18-6-8-19(9-7-18)32-13-12-31(38(34,35)24-5-3-2-4-23(24)37)15-20(32)14-30-16-21-10-11-22(17-30)36-21/h2-9,20-22,33,37H,10-17H2,1H3/t20-,21?,22?,25-/m0/s1. The summed E-state index contributed by atoms with van der Waals surface area (Å²) in [5.41, 5.74) is -2.54. The first-order chi connectivity index (χ1) is 17.9. The van der Waals surface area contributed by atoms with Crippen molar-refractivity contribution >= 4 is 28.3 Å². The third-order valence-corrected chi connectivity index (χ3v) is 10.3. The number of hydrogen-bond acceptors (Lipinski definition) is 7. The summed E-state index contributed by atoms with van der Waals surface area (Å²) in [5.74, 6) is 0. The second-order valence-corrected chi connectivity index (χ2v) is 12.9. The molecular formula is C26H32F3N3O4S2. The van der Waals surface area contributed by atoms with Gasteiger partial charge >= 0.3 is 6.18 Å². The van der Waals surface area contributed by atoms with Crippen molar-refractivity contribution in [1.82, 2.24) is 9.21 Å². The van der Waals surface area contributed by atoms with Gasteiger partial charge in [-0.3, -0.25) is 4.90 Å². The van der Waals surface area contributed by atoms with E-state index in [9.17, 15) is 26.7 Å². The average molecular weight is 572 g/mol. The number of ether oxygens (including phenoxy) is 1. The number of morpholine rings is 1. The number of aliphatic hydroxyl groups is 1. The Hall–Kier alpha value is -1.83. The van der Waals surface area contributed by atoms with Crippen molar-refractivity contribution in [2.45, 2.75) is 59.6 Å². The number of likely N-dealkylation sites (tertiary alicyclic amines) is 1. The first kappa shape index (κ1) is 27.7. The second kappa shape index (κ2) is 10.3. The van der Waals surface area contributed by atoms with Crippen molar-refractivity contribution in [2.75, 3.05) is 44.2 Å². The predicted octanol–water partition coefficient (Wildman–Crippen LogP) is 3.49. The summed E-state index contributed by atoms with van der Waals surface area (Å²) < 4.78 is 74.6. The van der Waals surface area contributed by atoms with Gasteiger partial charge in [0.1, 0.15) is 0 Å². The van der Waals surface area contributed by atoms with Gasteiger partial charge in [-0.2, -0.15) is 17.5 Å². The molecule has 1 N–H and O–H groups in total. The molecule has 2 unspecified atom stereocenters. The number of nitrogens with zero attached hydrogens (tertiary/aromatic N) is 3. The molecule has 7 nitrogen and oxygen atoms in total. The number of sulfonamides is 1. The minimum atomic E-state index is -4.81. The summed E-state index contributed by atoms with van der Waals surface area (Å²) in [6.45, 7) is 3.66. The van der Waals surface area contributed by atoms with Crippen LogP contribution in [0.2, 0.25) is 0 Å². The molecule has 0 radical (unpaired) electrons. The number of benzene rings is 2. The van der Waals surface area contributed by atoms with E-state index in [4.69, 9.17) is 4.74 Å². The topological polar surface area (TPSA) is 73.3 Å². The van der Waals surface area contributed by atoms with Crippen LogP contribution in [-0.4, -0.2) is 86.4 Å². The SMILES string of the molecule is C[C@](O)(c1ccc(N2CCN(S(=O)(=O)c3ccccc3S)C[C@@H]2CN2CC3CCC(C2)O3)cc1)C(F)(F)F. The average Bonchev–Trinajstić information content (AvgIpc) is 3.21. The molecule has 3 fully saturated rings. The molecule has 3 heterocycles. The fourth-order valence-corrected chi connectivity index (χ4v) is 7.70. The molecular weight excluding hydrogens is 539 g/mol. The van der Waals surface area contributed by atoms with Crippen molar-refractivity contribution < 1.29 is 31.4 Å². The lowest BCUT2D eigenvalue weighted by atomic mass is 9.95. The van der Waals surface area contributed by atoms with Crippen LogP contribution in [0.5, 0.6) is 0 Å². The Kier molecular flexibility index (Phi) is 7.51. The highest BCUT2D eigenvalue weighted by molar-refractivity contribution is 7.90. The van der Waals surface area contributed by atoms with Crippen LogP contribution in [0.25, 0.3) is 0 Å². The van der Waals surface area contributed by atoms with E-state index in [0.29, 0.717) is 23.7 Å². The van der Waals surface area contributed by atoms with Crippen molar-refractivity contribution in [3.05, 3.63) is 54.1 Å². The van der Waals surface area contributed by atoms with Crippen LogP contribution in [0.1, 0.15) is 25.3 Å². The van der Waals surface area contributed by atoms with E-state index in [0.717, 1.165) is 32.9 Å². The highest BCUT2D eigenvalue weighted by Crippen LogP contribution is 2.39. The molecule has 0 aromatic heterocycles. The Morgan fingerprint density at radius 2 is 1.63 bits per heavy atom. The van der Waals surface area contributed by atoms with Gasteiger partial charge in [0, 0.05) is 49.9 Å². The molecule has 3 saturated heterocycles. The lowest BCUT2D eigenvalue weighted by Gasteiger charge is -2.45. The van der Waals surface area contributed by atoms with Crippen molar-refractivity contribution in [3.8, 4) is 0 Å². The van der Waals surface area contributed by atoms with Gasteiger partial charge in [0.2, 0.25) is 10.0 Å². The van der Waals surface area contributed by atoms with Gasteiger partial charge in [-0.1, -0.05) is 24.3 Å². The number of piperazine rings is 1. The third kappa shape index (κ3) is 5.31. The van der Waals surface area contributed by atoms with Crippen LogP contribution in [0, 0.1) is 0 Å². The van der Waals surface area contributed by atoms with Crippen molar-refractivity contribution in [2.24, 2.45) is 0 Å². The first-order valence-electron chi connectivity index (χ1n) is 12.7. The Bertz CT molecular complexity index is 1250. The molecule has 0 aliphatic carbocycles. The van der Waals surface area contributed by atoms with Gasteiger partial charge in [0.25, 0.3) is 0 Å². The zero-order chi connectivity index (χ0) is 27.3. The van der Waals surface area contributed by atoms with Gasteiger partial charge in [-0.05, 0) is 49.6 Å². The summed E-state index contributed by atoms with van der Waals surface area (Å²) in [6, 6.07) is 12.1. The van der Waals surface area contributed by atoms with Crippen LogP contribution < -0.4 is 4.90 Å². The molecule has 2 aromatic rings. The third-order valence-electron chi connectivity index (χ3n) is 7.83. The molecule has 4 atom stereocenters. The number of halogens is 3. The van der Waals surface area contributed by atoms with Gasteiger partial charge in [-0.15, -0.1) is 12.6 Å². The number of anilines is 1. The maximum absolute atomic E-state index is 13.5. The van der Waals surface area contributed by atoms with Gasteiger partial charge < -0.3 is 14.7 Å². The van der Waals surface area contributed by atoms with Crippen LogP contribution in [0.3, 0.4) is 0 Å². The van der Waals surface area contributed by atoms with E-state index in [2.05, 4.69) is 22.4 Å². The van der Waals surface area contributed by atoms with E-state index in [-0.39, 0.29) is 41.8 Å². The molecule has 2 aromatic carbocycles. The number of hydrogen-bond donors (Lipinski definition) is 2. The smallest absolute Gasteiger partial charge is 0.376 e. The van der Waals surface area contributed by atoms with Crippen molar-refractivity contribution in [3.63, 3.8) is 0 Å². The summed E-state index contributed by atoms with van der Waals surface area (Å²) in [7, 11) is -3.79. The predicted molar refractivity (Wildman–Crippen MR) is 140 cm³/mol. The summed E-state index contributed by atoms with van der Waals surface area (Å²) in [4.78, 5) is 4.89. The monoisotopic (exact) mass is 571 g/mol. The van der Waals surface area contributed by atoms with Gasteiger partial charge in [-0.25, -0.2) is 8.42 Å². The normalized spacial score (nSPS) is 26.9. The lowest BCUT2D eigenvalue weighted by molar-refractivity contribution is -0.258. The Morgan fingerprint density at radius 3 is 2.24 bits per heavy atom. The maximum atomic E-state index is 13.5. The number of alkyl halides is 3. The molecule has 3 aliphatic rings. The minimum absolute atomic E-state index is 0.152.